The molecule has 0 aromatic rings. The first-order chi connectivity index (χ1) is 11.4. The first-order valence-corrected chi connectivity index (χ1v) is 8.63. The zero-order valence-electron chi connectivity index (χ0n) is 16.0. The zero-order valence-corrected chi connectivity index (χ0v) is 16.0. The molecule has 0 aliphatic heterocycles. The molecule has 5 heteroatoms. The quantitative estimate of drug-likeness (QED) is 0.484. The highest BCUT2D eigenvalue weighted by Gasteiger charge is 2.58. The molecular formula is C20H30O5. The fourth-order valence-corrected chi connectivity index (χ4v) is 2.94. The van der Waals surface area contributed by atoms with Gasteiger partial charge in [0, 0.05) is 5.92 Å². The summed E-state index contributed by atoms with van der Waals surface area (Å²) in [5.74, 6) is -3.40. The molecule has 25 heavy (non-hydrogen) atoms. The number of hydrogen-bond acceptors (Lipinski definition) is 5. The van der Waals surface area contributed by atoms with Gasteiger partial charge in [0.25, 0.3) is 0 Å². The molecule has 0 aromatic carbocycles. The third-order valence-corrected chi connectivity index (χ3v) is 4.50. The lowest BCUT2D eigenvalue weighted by Gasteiger charge is -2.33. The van der Waals surface area contributed by atoms with Gasteiger partial charge in [-0.05, 0) is 40.5 Å². The van der Waals surface area contributed by atoms with Crippen molar-refractivity contribution in [2.75, 3.05) is 0 Å². The van der Waals surface area contributed by atoms with Crippen molar-refractivity contribution < 1.29 is 24.9 Å². The second-order valence-electron chi connectivity index (χ2n) is 7.53. The van der Waals surface area contributed by atoms with Gasteiger partial charge in [0.05, 0.1) is 12.0 Å². The fraction of sp³-hybridized carbons (Fsp3) is 0.600. The lowest BCUT2D eigenvalue weighted by Crippen LogP contribution is -2.49. The van der Waals surface area contributed by atoms with Crippen molar-refractivity contribution in [3.05, 3.63) is 34.6 Å². The van der Waals surface area contributed by atoms with Crippen LogP contribution in [0.1, 0.15) is 54.4 Å². The first-order valence-electron chi connectivity index (χ1n) is 8.63. The minimum atomic E-state index is -2.16. The average molecular weight is 350 g/mol. The molecule has 3 atom stereocenters. The number of carbonyl (C=O) groups excluding carboxylic acids is 2. The summed E-state index contributed by atoms with van der Waals surface area (Å²) in [5, 5.41) is 32.2. The van der Waals surface area contributed by atoms with E-state index in [9.17, 15) is 24.9 Å². The Bertz CT molecular complexity index is 630. The Morgan fingerprint density at radius 3 is 2.12 bits per heavy atom. The molecule has 3 N–H and O–H groups in total. The summed E-state index contributed by atoms with van der Waals surface area (Å²) < 4.78 is 0. The molecule has 1 rings (SSSR count). The van der Waals surface area contributed by atoms with E-state index in [0.29, 0.717) is 0 Å². The van der Waals surface area contributed by atoms with Crippen LogP contribution in [0.15, 0.2) is 34.6 Å². The molecule has 1 aliphatic rings. The molecule has 0 spiro atoms. The Balaban J connectivity index is 3.42. The van der Waals surface area contributed by atoms with Gasteiger partial charge in [0.15, 0.2) is 17.2 Å². The summed E-state index contributed by atoms with van der Waals surface area (Å²) in [7, 11) is 0. The highest BCUT2D eigenvalue weighted by Crippen LogP contribution is 2.43. The number of aliphatic hydroxyl groups is 3. The van der Waals surface area contributed by atoms with Gasteiger partial charge < -0.3 is 15.3 Å². The summed E-state index contributed by atoms with van der Waals surface area (Å²) in [6.45, 7) is 10.6. The maximum atomic E-state index is 12.8. The van der Waals surface area contributed by atoms with E-state index in [4.69, 9.17) is 0 Å². The summed E-state index contributed by atoms with van der Waals surface area (Å²) >= 11 is 0. The maximum Gasteiger partial charge on any atom is 0.176 e. The van der Waals surface area contributed by atoms with E-state index in [1.807, 2.05) is 27.7 Å². The average Bonchev–Trinajstić information content (AvgIpc) is 2.69. The first kappa shape index (κ1) is 21.3. The predicted molar refractivity (Wildman–Crippen MR) is 97.0 cm³/mol. The van der Waals surface area contributed by atoms with Crippen LogP contribution in [0, 0.1) is 11.8 Å². The van der Waals surface area contributed by atoms with Crippen LogP contribution in [0.25, 0.3) is 0 Å². The molecule has 0 saturated heterocycles. The van der Waals surface area contributed by atoms with E-state index in [1.54, 1.807) is 26.0 Å². The van der Waals surface area contributed by atoms with Gasteiger partial charge in [-0.1, -0.05) is 37.1 Å². The monoisotopic (exact) mass is 350 g/mol. The van der Waals surface area contributed by atoms with Crippen LogP contribution in [0.4, 0.5) is 0 Å². The largest absolute Gasteiger partial charge is 0.508 e. The molecule has 140 valence electrons. The smallest absolute Gasteiger partial charge is 0.176 e. The number of hydrogen-bond donors (Lipinski definition) is 3. The third-order valence-electron chi connectivity index (χ3n) is 4.50. The zero-order chi connectivity index (χ0) is 19.5. The topological polar surface area (TPSA) is 94.8 Å². The molecule has 0 heterocycles. The summed E-state index contributed by atoms with van der Waals surface area (Å²) in [4.78, 5) is 25.1. The standard InChI is InChI=1S/C20H30O5/c1-11(2)7-9-14-18(23)16(17(22)13(5)6)19(24)20(14,25)15(21)10-8-12(3)4/h7-8,13-15,21,24-25H,9-10H2,1-6H3/t14-,15?,20+/m1/s1. The predicted octanol–water partition coefficient (Wildman–Crippen LogP) is 3.03. The fourth-order valence-electron chi connectivity index (χ4n) is 2.94. The minimum Gasteiger partial charge on any atom is -0.508 e. The number of ketones is 2. The highest BCUT2D eigenvalue weighted by atomic mass is 16.4. The molecule has 1 aliphatic carbocycles. The molecule has 0 saturated carbocycles. The Labute approximate surface area is 149 Å². The van der Waals surface area contributed by atoms with E-state index in [-0.39, 0.29) is 18.4 Å². The SMILES string of the molecule is CC(C)=CCC(O)[C@]1(O)C(O)=C(C(=O)C(C)C)C(=O)[C@H]1CC=C(C)C. The van der Waals surface area contributed by atoms with Crippen molar-refractivity contribution in [1.29, 1.82) is 0 Å². The van der Waals surface area contributed by atoms with Crippen molar-refractivity contribution in [2.24, 2.45) is 11.8 Å². The molecule has 0 amide bonds. The molecule has 0 radical (unpaired) electrons. The van der Waals surface area contributed by atoms with Crippen LogP contribution >= 0.6 is 0 Å². The Morgan fingerprint density at radius 2 is 1.68 bits per heavy atom. The van der Waals surface area contributed by atoms with Gasteiger partial charge in [-0.2, -0.15) is 0 Å². The number of Topliss-reactive ketones (excluding diaryl/α,β-unsaturated/α-hetero) is 2. The van der Waals surface area contributed by atoms with Gasteiger partial charge in [-0.3, -0.25) is 9.59 Å². The van der Waals surface area contributed by atoms with Crippen molar-refractivity contribution in [2.45, 2.75) is 66.1 Å². The molecule has 0 fully saturated rings. The van der Waals surface area contributed by atoms with Crippen LogP contribution < -0.4 is 0 Å². The number of rotatable bonds is 7. The van der Waals surface area contributed by atoms with E-state index in [0.717, 1.165) is 11.1 Å². The normalized spacial score (nSPS) is 24.5. The summed E-state index contributed by atoms with van der Waals surface area (Å²) in [6, 6.07) is 0. The van der Waals surface area contributed by atoms with Gasteiger partial charge in [-0.15, -0.1) is 0 Å². The van der Waals surface area contributed by atoms with Gasteiger partial charge >= 0.3 is 0 Å². The van der Waals surface area contributed by atoms with Gasteiger partial charge in [0.2, 0.25) is 0 Å². The summed E-state index contributed by atoms with van der Waals surface area (Å²) in [5.41, 5.74) is -0.651. The van der Waals surface area contributed by atoms with E-state index >= 15 is 0 Å². The van der Waals surface area contributed by atoms with Crippen LogP contribution in [0.3, 0.4) is 0 Å². The lowest BCUT2D eigenvalue weighted by molar-refractivity contribution is -0.134. The maximum absolute atomic E-state index is 12.8. The van der Waals surface area contributed by atoms with Gasteiger partial charge in [0.1, 0.15) is 11.3 Å². The van der Waals surface area contributed by atoms with Crippen molar-refractivity contribution in [1.82, 2.24) is 0 Å². The number of carbonyl (C=O) groups is 2. The number of aliphatic hydroxyl groups excluding tert-OH is 2. The van der Waals surface area contributed by atoms with Crippen molar-refractivity contribution in [3.63, 3.8) is 0 Å². The third kappa shape index (κ3) is 4.28. The second kappa shape index (κ2) is 8.11. The molecular weight excluding hydrogens is 320 g/mol. The van der Waals surface area contributed by atoms with Crippen LogP contribution in [-0.4, -0.2) is 38.6 Å². The molecule has 5 nitrogen and oxygen atoms in total. The van der Waals surface area contributed by atoms with Crippen LogP contribution in [0.5, 0.6) is 0 Å². The van der Waals surface area contributed by atoms with Gasteiger partial charge in [-0.25, -0.2) is 0 Å². The van der Waals surface area contributed by atoms with E-state index in [1.165, 1.54) is 0 Å². The van der Waals surface area contributed by atoms with E-state index in [2.05, 4.69) is 0 Å². The Morgan fingerprint density at radius 1 is 1.16 bits per heavy atom. The Hall–Kier alpha value is -1.72. The lowest BCUT2D eigenvalue weighted by atomic mass is 9.80. The molecule has 0 bridgehead atoms. The van der Waals surface area contributed by atoms with Crippen molar-refractivity contribution in [3.8, 4) is 0 Å². The van der Waals surface area contributed by atoms with Crippen molar-refractivity contribution >= 4 is 11.6 Å². The van der Waals surface area contributed by atoms with E-state index < -0.39 is 40.9 Å². The van der Waals surface area contributed by atoms with Crippen LogP contribution in [0.2, 0.25) is 0 Å². The number of allylic oxidation sites excluding steroid dienone is 4. The molecule has 0 aromatic heterocycles. The molecule has 1 unspecified atom stereocenters. The summed E-state index contributed by atoms with van der Waals surface area (Å²) in [6.07, 6.45) is 2.31. The second-order valence-corrected chi connectivity index (χ2v) is 7.53. The highest BCUT2D eigenvalue weighted by molar-refractivity contribution is 6.24. The minimum absolute atomic E-state index is 0.0741. The van der Waals surface area contributed by atoms with Crippen LogP contribution in [-0.2, 0) is 9.59 Å². The Kier molecular flexibility index (Phi) is 6.91.